The van der Waals surface area contributed by atoms with Crippen LogP contribution in [-0.4, -0.2) is 22.0 Å². The number of aromatic nitrogens is 2. The maximum atomic E-state index is 10.4. The minimum atomic E-state index is -0.762. The molecule has 1 aromatic heterocycles. The first-order chi connectivity index (χ1) is 8.52. The second kappa shape index (κ2) is 4.82. The summed E-state index contributed by atoms with van der Waals surface area (Å²) in [5.41, 5.74) is 3.52. The zero-order chi connectivity index (χ0) is 13.3. The van der Waals surface area contributed by atoms with Crippen molar-refractivity contribution in [2.75, 3.05) is 7.11 Å². The molecule has 1 unspecified atom stereocenters. The zero-order valence-corrected chi connectivity index (χ0v) is 11.1. The lowest BCUT2D eigenvalue weighted by Gasteiger charge is -2.16. The monoisotopic (exact) mass is 246 g/mol. The van der Waals surface area contributed by atoms with Gasteiger partial charge in [-0.25, -0.2) is 0 Å². The van der Waals surface area contributed by atoms with Gasteiger partial charge in [0.25, 0.3) is 0 Å². The molecule has 0 aliphatic rings. The summed E-state index contributed by atoms with van der Waals surface area (Å²) in [6, 6.07) is 5.77. The maximum Gasteiger partial charge on any atom is 0.127 e. The fourth-order valence-electron chi connectivity index (χ4n) is 2.19. The highest BCUT2D eigenvalue weighted by atomic mass is 16.5. The summed E-state index contributed by atoms with van der Waals surface area (Å²) in [5, 5.41) is 14.7. The molecule has 0 amide bonds. The number of ether oxygens (including phenoxy) is 1. The highest BCUT2D eigenvalue weighted by Crippen LogP contribution is 2.33. The highest BCUT2D eigenvalue weighted by Gasteiger charge is 2.20. The van der Waals surface area contributed by atoms with E-state index in [9.17, 15) is 5.11 Å². The van der Waals surface area contributed by atoms with Crippen LogP contribution in [0, 0.1) is 13.8 Å². The third kappa shape index (κ3) is 2.24. The fourth-order valence-corrected chi connectivity index (χ4v) is 2.19. The molecule has 0 saturated heterocycles. The van der Waals surface area contributed by atoms with Gasteiger partial charge in [-0.3, -0.25) is 4.68 Å². The van der Waals surface area contributed by atoms with Crippen molar-refractivity contribution in [1.29, 1.82) is 0 Å². The van der Waals surface area contributed by atoms with Crippen LogP contribution in [0.2, 0.25) is 0 Å². The molecule has 0 bridgehead atoms. The van der Waals surface area contributed by atoms with Gasteiger partial charge < -0.3 is 9.84 Å². The van der Waals surface area contributed by atoms with Crippen LogP contribution in [0.1, 0.15) is 28.5 Å². The first-order valence-corrected chi connectivity index (χ1v) is 5.85. The lowest BCUT2D eigenvalue weighted by Crippen LogP contribution is -2.06. The van der Waals surface area contributed by atoms with Gasteiger partial charge in [-0.1, -0.05) is 6.07 Å². The number of methoxy groups -OCH3 is 1. The molecule has 2 rings (SSSR count). The topological polar surface area (TPSA) is 47.3 Å². The first-order valence-electron chi connectivity index (χ1n) is 5.85. The average Bonchev–Trinajstić information content (AvgIpc) is 2.74. The van der Waals surface area contributed by atoms with Gasteiger partial charge in [0, 0.05) is 18.8 Å². The van der Waals surface area contributed by atoms with E-state index in [1.807, 2.05) is 45.3 Å². The van der Waals surface area contributed by atoms with Crippen molar-refractivity contribution in [3.63, 3.8) is 0 Å². The first kappa shape index (κ1) is 12.6. The Labute approximate surface area is 107 Å². The minimum Gasteiger partial charge on any atom is -0.496 e. The molecular formula is C14H18N2O2. The van der Waals surface area contributed by atoms with Crippen molar-refractivity contribution in [2.24, 2.45) is 7.05 Å². The summed E-state index contributed by atoms with van der Waals surface area (Å²) in [7, 11) is 3.44. The number of rotatable bonds is 3. The molecule has 1 atom stereocenters. The summed E-state index contributed by atoms with van der Waals surface area (Å²) >= 11 is 0. The van der Waals surface area contributed by atoms with E-state index in [2.05, 4.69) is 5.10 Å². The van der Waals surface area contributed by atoms with Crippen molar-refractivity contribution >= 4 is 0 Å². The number of hydrogen-bond donors (Lipinski definition) is 1. The molecule has 96 valence electrons. The maximum absolute atomic E-state index is 10.4. The van der Waals surface area contributed by atoms with Crippen LogP contribution in [0.25, 0.3) is 0 Å². The van der Waals surface area contributed by atoms with Crippen molar-refractivity contribution in [2.45, 2.75) is 20.0 Å². The molecule has 0 aliphatic heterocycles. The van der Waals surface area contributed by atoms with Gasteiger partial charge in [0.15, 0.2) is 0 Å². The van der Waals surface area contributed by atoms with Gasteiger partial charge in [0.2, 0.25) is 0 Å². The van der Waals surface area contributed by atoms with Crippen molar-refractivity contribution in [1.82, 2.24) is 9.78 Å². The van der Waals surface area contributed by atoms with Gasteiger partial charge >= 0.3 is 0 Å². The smallest absolute Gasteiger partial charge is 0.127 e. The van der Waals surface area contributed by atoms with Gasteiger partial charge in [0.1, 0.15) is 11.9 Å². The number of aliphatic hydroxyl groups excluding tert-OH is 1. The standard InChI is InChI=1S/C14H18N2O2/c1-9-7-10(2)13(12(8-9)18-4)14(17)11-5-6-16(3)15-11/h5-8,14,17H,1-4H3. The van der Waals surface area contributed by atoms with Gasteiger partial charge in [-0.05, 0) is 37.1 Å². The highest BCUT2D eigenvalue weighted by molar-refractivity contribution is 5.46. The Bertz CT molecular complexity index is 561. The van der Waals surface area contributed by atoms with Crippen LogP contribution < -0.4 is 4.74 Å². The van der Waals surface area contributed by atoms with E-state index in [4.69, 9.17) is 4.74 Å². The van der Waals surface area contributed by atoms with Crippen LogP contribution in [0.4, 0.5) is 0 Å². The molecule has 0 radical (unpaired) electrons. The summed E-state index contributed by atoms with van der Waals surface area (Å²) in [5.74, 6) is 0.700. The molecule has 1 aromatic carbocycles. The average molecular weight is 246 g/mol. The quantitative estimate of drug-likeness (QED) is 0.902. The van der Waals surface area contributed by atoms with E-state index in [0.29, 0.717) is 11.4 Å². The van der Waals surface area contributed by atoms with Gasteiger partial charge in [-0.2, -0.15) is 5.10 Å². The van der Waals surface area contributed by atoms with Crippen LogP contribution in [-0.2, 0) is 7.05 Å². The van der Waals surface area contributed by atoms with E-state index in [-0.39, 0.29) is 0 Å². The van der Waals surface area contributed by atoms with Crippen LogP contribution >= 0.6 is 0 Å². The molecule has 0 aliphatic carbocycles. The summed E-state index contributed by atoms with van der Waals surface area (Å²) in [4.78, 5) is 0. The molecule has 2 aromatic rings. The third-order valence-electron chi connectivity index (χ3n) is 3.00. The predicted octanol–water partition coefficient (Wildman–Crippen LogP) is 2.13. The summed E-state index contributed by atoms with van der Waals surface area (Å²) in [6.07, 6.45) is 1.05. The van der Waals surface area contributed by atoms with Crippen LogP contribution in [0.5, 0.6) is 5.75 Å². The van der Waals surface area contributed by atoms with E-state index < -0.39 is 6.10 Å². The van der Waals surface area contributed by atoms with Crippen LogP contribution in [0.3, 0.4) is 0 Å². The number of benzene rings is 1. The Balaban J connectivity index is 2.50. The van der Waals surface area contributed by atoms with Crippen molar-refractivity contribution in [3.05, 3.63) is 46.8 Å². The summed E-state index contributed by atoms with van der Waals surface area (Å²) < 4.78 is 7.04. The zero-order valence-electron chi connectivity index (χ0n) is 11.1. The number of aliphatic hydroxyl groups is 1. The molecule has 18 heavy (non-hydrogen) atoms. The van der Waals surface area contributed by atoms with Gasteiger partial charge in [-0.15, -0.1) is 0 Å². The number of hydrogen-bond acceptors (Lipinski definition) is 3. The molecule has 1 heterocycles. The van der Waals surface area contributed by atoms with Crippen LogP contribution in [0.15, 0.2) is 24.4 Å². The normalized spacial score (nSPS) is 12.5. The number of aryl methyl sites for hydroxylation is 3. The van der Waals surface area contributed by atoms with E-state index >= 15 is 0 Å². The third-order valence-corrected chi connectivity index (χ3v) is 3.00. The molecule has 1 N–H and O–H groups in total. The molecular weight excluding hydrogens is 228 g/mol. The van der Waals surface area contributed by atoms with E-state index in [1.54, 1.807) is 11.8 Å². The molecule has 0 spiro atoms. The molecule has 4 heteroatoms. The second-order valence-corrected chi connectivity index (χ2v) is 4.51. The lowest BCUT2D eigenvalue weighted by atomic mass is 9.98. The molecule has 0 fully saturated rings. The Kier molecular flexibility index (Phi) is 3.39. The van der Waals surface area contributed by atoms with E-state index in [1.165, 1.54) is 0 Å². The van der Waals surface area contributed by atoms with Gasteiger partial charge in [0.05, 0.1) is 12.8 Å². The Hall–Kier alpha value is -1.81. The Morgan fingerprint density at radius 1 is 1.33 bits per heavy atom. The largest absolute Gasteiger partial charge is 0.496 e. The summed E-state index contributed by atoms with van der Waals surface area (Å²) in [6.45, 7) is 3.98. The second-order valence-electron chi connectivity index (χ2n) is 4.51. The molecule has 0 saturated carbocycles. The SMILES string of the molecule is COc1cc(C)cc(C)c1C(O)c1ccn(C)n1. The fraction of sp³-hybridized carbons (Fsp3) is 0.357. The Morgan fingerprint density at radius 3 is 2.61 bits per heavy atom. The predicted molar refractivity (Wildman–Crippen MR) is 69.7 cm³/mol. The number of nitrogens with zero attached hydrogens (tertiary/aromatic N) is 2. The van der Waals surface area contributed by atoms with Crippen molar-refractivity contribution in [3.8, 4) is 5.75 Å². The minimum absolute atomic E-state index is 0.628. The molecule has 4 nitrogen and oxygen atoms in total. The lowest BCUT2D eigenvalue weighted by molar-refractivity contribution is 0.208. The Morgan fingerprint density at radius 2 is 2.06 bits per heavy atom. The van der Waals surface area contributed by atoms with Crippen molar-refractivity contribution < 1.29 is 9.84 Å². The van der Waals surface area contributed by atoms with E-state index in [0.717, 1.165) is 16.7 Å².